The van der Waals surface area contributed by atoms with Crippen LogP contribution in [0.15, 0.2) is 78.6 Å². The van der Waals surface area contributed by atoms with Gasteiger partial charge in [-0.3, -0.25) is 4.79 Å². The molecule has 128 valence electrons. The number of hydrogen-bond acceptors (Lipinski definition) is 3. The van der Waals surface area contributed by atoms with E-state index in [0.717, 1.165) is 11.1 Å². The molecule has 0 aromatic heterocycles. The lowest BCUT2D eigenvalue weighted by molar-refractivity contribution is 0.101. The number of fused-ring (bicyclic) bond motifs is 1. The van der Waals surface area contributed by atoms with Crippen LogP contribution in [0.1, 0.15) is 27.0 Å². The van der Waals surface area contributed by atoms with Crippen molar-refractivity contribution in [3.05, 3.63) is 101 Å². The third kappa shape index (κ3) is 3.38. The van der Waals surface area contributed by atoms with E-state index < -0.39 is 0 Å². The molecule has 1 aliphatic rings. The summed E-state index contributed by atoms with van der Waals surface area (Å²) in [5.74, 6) is 1.45. The monoisotopic (exact) mass is 342 g/mol. The van der Waals surface area contributed by atoms with E-state index in [0.29, 0.717) is 29.4 Å². The van der Waals surface area contributed by atoms with Crippen LogP contribution in [0.4, 0.5) is 0 Å². The maximum Gasteiger partial charge on any atom is 0.231 e. The lowest BCUT2D eigenvalue weighted by atomic mass is 10.1. The third-order valence-corrected chi connectivity index (χ3v) is 4.26. The van der Waals surface area contributed by atoms with Gasteiger partial charge in [0.1, 0.15) is 18.1 Å². The zero-order valence-corrected chi connectivity index (χ0v) is 14.4. The molecular weight excluding hydrogens is 324 g/mol. The van der Waals surface area contributed by atoms with E-state index in [2.05, 4.69) is 0 Å². The minimum absolute atomic E-state index is 0.102. The summed E-state index contributed by atoms with van der Waals surface area (Å²) in [4.78, 5) is 12.5. The van der Waals surface area contributed by atoms with Crippen LogP contribution in [-0.2, 0) is 6.61 Å². The van der Waals surface area contributed by atoms with Gasteiger partial charge in [0.2, 0.25) is 5.78 Å². The summed E-state index contributed by atoms with van der Waals surface area (Å²) in [5.41, 5.74) is 3.77. The van der Waals surface area contributed by atoms with Gasteiger partial charge in [-0.05, 0) is 36.3 Å². The predicted molar refractivity (Wildman–Crippen MR) is 101 cm³/mol. The smallest absolute Gasteiger partial charge is 0.231 e. The Morgan fingerprint density at radius 3 is 2.50 bits per heavy atom. The fourth-order valence-electron chi connectivity index (χ4n) is 2.81. The van der Waals surface area contributed by atoms with Gasteiger partial charge in [-0.2, -0.15) is 0 Å². The number of aryl methyl sites for hydroxylation is 1. The number of ether oxygens (including phenoxy) is 2. The summed E-state index contributed by atoms with van der Waals surface area (Å²) in [5, 5.41) is 0. The Kier molecular flexibility index (Phi) is 4.28. The zero-order valence-electron chi connectivity index (χ0n) is 14.4. The van der Waals surface area contributed by atoms with E-state index in [1.54, 1.807) is 24.3 Å². The number of Topliss-reactive ketones (excluding diaryl/α,β-unsaturated/α-hetero) is 1. The Morgan fingerprint density at radius 1 is 0.962 bits per heavy atom. The van der Waals surface area contributed by atoms with Crippen molar-refractivity contribution in [1.82, 2.24) is 0 Å². The number of ketones is 1. The van der Waals surface area contributed by atoms with Crippen LogP contribution in [0, 0.1) is 6.92 Å². The van der Waals surface area contributed by atoms with Gasteiger partial charge in [-0.15, -0.1) is 0 Å². The molecule has 3 nitrogen and oxygen atoms in total. The molecule has 0 radical (unpaired) electrons. The van der Waals surface area contributed by atoms with Gasteiger partial charge < -0.3 is 9.47 Å². The molecule has 4 rings (SSSR count). The number of rotatable bonds is 4. The summed E-state index contributed by atoms with van der Waals surface area (Å²) in [6.45, 7) is 2.50. The molecule has 0 N–H and O–H groups in total. The summed E-state index contributed by atoms with van der Waals surface area (Å²) < 4.78 is 11.6. The molecule has 0 unspecified atom stereocenters. The van der Waals surface area contributed by atoms with Crippen LogP contribution in [0.2, 0.25) is 0 Å². The van der Waals surface area contributed by atoms with Crippen molar-refractivity contribution < 1.29 is 14.3 Å². The molecule has 0 atom stereocenters. The first-order chi connectivity index (χ1) is 12.7. The van der Waals surface area contributed by atoms with E-state index in [1.165, 1.54) is 5.56 Å². The summed E-state index contributed by atoms with van der Waals surface area (Å²) >= 11 is 0. The zero-order chi connectivity index (χ0) is 17.9. The topological polar surface area (TPSA) is 35.5 Å². The normalized spacial score (nSPS) is 14.2. The van der Waals surface area contributed by atoms with E-state index in [1.807, 2.05) is 61.5 Å². The Morgan fingerprint density at radius 2 is 1.73 bits per heavy atom. The molecule has 3 heteroatoms. The Bertz CT molecular complexity index is 970. The molecule has 3 aromatic rings. The second-order valence-corrected chi connectivity index (χ2v) is 6.28. The van der Waals surface area contributed by atoms with Crippen molar-refractivity contribution in [1.29, 1.82) is 0 Å². The highest BCUT2D eigenvalue weighted by Crippen LogP contribution is 2.35. The first-order valence-corrected chi connectivity index (χ1v) is 8.51. The van der Waals surface area contributed by atoms with Crippen LogP contribution in [0.5, 0.6) is 11.5 Å². The summed E-state index contributed by atoms with van der Waals surface area (Å²) in [6.07, 6.45) is 1.77. The van der Waals surface area contributed by atoms with Crippen molar-refractivity contribution in [3.63, 3.8) is 0 Å². The third-order valence-electron chi connectivity index (χ3n) is 4.26. The predicted octanol–water partition coefficient (Wildman–Crippen LogP) is 5.19. The van der Waals surface area contributed by atoms with E-state index in [-0.39, 0.29) is 5.78 Å². The highest BCUT2D eigenvalue weighted by Gasteiger charge is 2.27. The molecule has 0 amide bonds. The number of carbonyl (C=O) groups is 1. The minimum Gasteiger partial charge on any atom is -0.489 e. The van der Waals surface area contributed by atoms with Crippen molar-refractivity contribution in [2.75, 3.05) is 0 Å². The van der Waals surface area contributed by atoms with Gasteiger partial charge in [0.15, 0.2) is 5.76 Å². The fraction of sp³-hybridized carbons (Fsp3) is 0.0870. The van der Waals surface area contributed by atoms with Gasteiger partial charge in [0.25, 0.3) is 0 Å². The van der Waals surface area contributed by atoms with E-state index in [9.17, 15) is 4.79 Å². The highest BCUT2D eigenvalue weighted by atomic mass is 16.5. The second-order valence-electron chi connectivity index (χ2n) is 6.28. The van der Waals surface area contributed by atoms with Gasteiger partial charge in [0.05, 0.1) is 5.56 Å². The quantitative estimate of drug-likeness (QED) is 0.612. The molecule has 1 aliphatic heterocycles. The molecule has 0 saturated carbocycles. The number of benzene rings is 3. The van der Waals surface area contributed by atoms with Gasteiger partial charge in [0, 0.05) is 6.07 Å². The Labute approximate surface area is 152 Å². The van der Waals surface area contributed by atoms with Crippen molar-refractivity contribution >= 4 is 11.9 Å². The Balaban J connectivity index is 1.52. The SMILES string of the molecule is Cc1ccc(/C=C2\Oc3cc(OCc4ccccc4)ccc3C2=O)cc1. The largest absolute Gasteiger partial charge is 0.489 e. The van der Waals surface area contributed by atoms with Crippen molar-refractivity contribution in [3.8, 4) is 11.5 Å². The van der Waals surface area contributed by atoms with Crippen molar-refractivity contribution in [2.24, 2.45) is 0 Å². The molecule has 0 spiro atoms. The van der Waals surface area contributed by atoms with Gasteiger partial charge in [-0.1, -0.05) is 60.2 Å². The minimum atomic E-state index is -0.102. The molecule has 26 heavy (non-hydrogen) atoms. The van der Waals surface area contributed by atoms with Crippen LogP contribution < -0.4 is 9.47 Å². The van der Waals surface area contributed by atoms with E-state index in [4.69, 9.17) is 9.47 Å². The first kappa shape index (κ1) is 16.2. The molecule has 1 heterocycles. The van der Waals surface area contributed by atoms with Crippen LogP contribution in [-0.4, -0.2) is 5.78 Å². The fourth-order valence-corrected chi connectivity index (χ4v) is 2.81. The highest BCUT2D eigenvalue weighted by molar-refractivity contribution is 6.14. The molecule has 0 aliphatic carbocycles. The van der Waals surface area contributed by atoms with Crippen molar-refractivity contribution in [2.45, 2.75) is 13.5 Å². The van der Waals surface area contributed by atoms with E-state index >= 15 is 0 Å². The summed E-state index contributed by atoms with van der Waals surface area (Å²) in [7, 11) is 0. The van der Waals surface area contributed by atoms with Crippen LogP contribution >= 0.6 is 0 Å². The van der Waals surface area contributed by atoms with Crippen LogP contribution in [0.25, 0.3) is 6.08 Å². The van der Waals surface area contributed by atoms with Gasteiger partial charge in [-0.25, -0.2) is 0 Å². The van der Waals surface area contributed by atoms with Gasteiger partial charge >= 0.3 is 0 Å². The second kappa shape index (κ2) is 6.89. The summed E-state index contributed by atoms with van der Waals surface area (Å²) in [6, 6.07) is 23.2. The molecule has 3 aromatic carbocycles. The molecule has 0 saturated heterocycles. The lowest BCUT2D eigenvalue weighted by Gasteiger charge is -2.07. The number of hydrogen-bond donors (Lipinski definition) is 0. The molecule has 0 bridgehead atoms. The number of allylic oxidation sites excluding steroid dienone is 1. The Hall–Kier alpha value is -3.33. The molecular formula is C23H18O3. The van der Waals surface area contributed by atoms with Crippen LogP contribution in [0.3, 0.4) is 0 Å². The average molecular weight is 342 g/mol. The number of carbonyl (C=O) groups excluding carboxylic acids is 1. The lowest BCUT2D eigenvalue weighted by Crippen LogP contribution is -1.98. The average Bonchev–Trinajstić information content (AvgIpc) is 2.98. The standard InChI is InChI=1S/C23H18O3/c1-16-7-9-17(10-8-16)13-22-23(24)20-12-11-19(14-21(20)26-22)25-15-18-5-3-2-4-6-18/h2-14H,15H2,1H3/b22-13-. The molecule has 0 fully saturated rings. The first-order valence-electron chi connectivity index (χ1n) is 8.51. The maximum absolute atomic E-state index is 12.5. The maximum atomic E-state index is 12.5.